The fourth-order valence-corrected chi connectivity index (χ4v) is 3.93. The van der Waals surface area contributed by atoms with Crippen LogP contribution >= 0.6 is 0 Å². The van der Waals surface area contributed by atoms with E-state index in [2.05, 4.69) is 88.4 Å². The number of hydrogen-bond donors (Lipinski definition) is 0. The smallest absolute Gasteiger partial charge is 0.00989 e. The Balaban J connectivity index is 2.22. The van der Waals surface area contributed by atoms with Gasteiger partial charge in [-0.15, -0.1) is 0 Å². The molecular weight excluding hydrogens is 276 g/mol. The van der Waals surface area contributed by atoms with Crippen molar-refractivity contribution in [2.24, 2.45) is 0 Å². The highest BCUT2D eigenvalue weighted by Crippen LogP contribution is 2.36. The summed E-state index contributed by atoms with van der Waals surface area (Å²) >= 11 is 0. The molecule has 0 aliphatic rings. The van der Waals surface area contributed by atoms with E-state index >= 15 is 0 Å². The zero-order valence-corrected chi connectivity index (χ0v) is 14.3. The molecule has 0 radical (unpaired) electrons. The highest BCUT2D eigenvalue weighted by molar-refractivity contribution is 6.12. The molecule has 0 amide bonds. The van der Waals surface area contributed by atoms with E-state index in [0.717, 1.165) is 0 Å². The lowest BCUT2D eigenvalue weighted by Crippen LogP contribution is -2.13. The molecule has 0 spiro atoms. The largest absolute Gasteiger partial charge is 0.0616 e. The van der Waals surface area contributed by atoms with E-state index < -0.39 is 0 Å². The molecule has 0 aliphatic heterocycles. The van der Waals surface area contributed by atoms with Crippen LogP contribution in [-0.2, 0) is 5.41 Å². The third kappa shape index (κ3) is 2.21. The third-order valence-electron chi connectivity index (χ3n) is 4.84. The van der Waals surface area contributed by atoms with Crippen LogP contribution < -0.4 is 0 Å². The van der Waals surface area contributed by atoms with Crippen LogP contribution in [0.25, 0.3) is 32.3 Å². The van der Waals surface area contributed by atoms with Crippen LogP contribution in [0.4, 0.5) is 0 Å². The van der Waals surface area contributed by atoms with Gasteiger partial charge in [-0.2, -0.15) is 0 Å². The van der Waals surface area contributed by atoms with Gasteiger partial charge in [0, 0.05) is 0 Å². The van der Waals surface area contributed by atoms with Gasteiger partial charge < -0.3 is 0 Å². The molecule has 0 atom stereocenters. The lowest BCUT2D eigenvalue weighted by molar-refractivity contribution is 0.592. The molecule has 0 fully saturated rings. The van der Waals surface area contributed by atoms with Gasteiger partial charge in [-0.25, -0.2) is 0 Å². The molecule has 0 heteroatoms. The molecular formula is C23H22. The summed E-state index contributed by atoms with van der Waals surface area (Å²) in [6.07, 6.45) is 0. The molecule has 0 heterocycles. The van der Waals surface area contributed by atoms with Crippen molar-refractivity contribution >= 4 is 32.3 Å². The normalized spacial score (nSPS) is 12.3. The Labute approximate surface area is 137 Å². The van der Waals surface area contributed by atoms with Gasteiger partial charge in [0.25, 0.3) is 0 Å². The van der Waals surface area contributed by atoms with E-state index in [1.54, 1.807) is 0 Å². The van der Waals surface area contributed by atoms with Gasteiger partial charge in [0.05, 0.1) is 0 Å². The number of hydrogen-bond acceptors (Lipinski definition) is 0. The second-order valence-electron chi connectivity index (χ2n) is 7.59. The van der Waals surface area contributed by atoms with E-state index in [1.807, 2.05) is 0 Å². The Kier molecular flexibility index (Phi) is 2.99. The fourth-order valence-electron chi connectivity index (χ4n) is 3.93. The lowest BCUT2D eigenvalue weighted by Gasteiger charge is -2.24. The van der Waals surface area contributed by atoms with Crippen molar-refractivity contribution in [1.29, 1.82) is 0 Å². The summed E-state index contributed by atoms with van der Waals surface area (Å²) < 4.78 is 0. The van der Waals surface area contributed by atoms with Crippen LogP contribution in [0.5, 0.6) is 0 Å². The highest BCUT2D eigenvalue weighted by Gasteiger charge is 2.19. The first kappa shape index (κ1) is 14.3. The summed E-state index contributed by atoms with van der Waals surface area (Å²) in [4.78, 5) is 0. The minimum atomic E-state index is 0.141. The Morgan fingerprint density at radius 3 is 2.04 bits per heavy atom. The lowest BCUT2D eigenvalue weighted by atomic mass is 9.80. The van der Waals surface area contributed by atoms with Crippen molar-refractivity contribution in [3.8, 4) is 0 Å². The average molecular weight is 298 g/mol. The summed E-state index contributed by atoms with van der Waals surface area (Å²) in [5.74, 6) is 0. The number of fused-ring (bicyclic) bond motifs is 4. The molecule has 0 N–H and O–H groups in total. The molecule has 4 aromatic rings. The van der Waals surface area contributed by atoms with Crippen LogP contribution in [-0.4, -0.2) is 0 Å². The zero-order valence-electron chi connectivity index (χ0n) is 14.3. The highest BCUT2D eigenvalue weighted by atomic mass is 14.2. The Morgan fingerprint density at radius 1 is 0.609 bits per heavy atom. The predicted octanol–water partition coefficient (Wildman–Crippen LogP) is 6.75. The van der Waals surface area contributed by atoms with Gasteiger partial charge in [-0.3, -0.25) is 0 Å². The van der Waals surface area contributed by atoms with Crippen LogP contribution in [0.3, 0.4) is 0 Å². The second kappa shape index (κ2) is 4.83. The van der Waals surface area contributed by atoms with Crippen molar-refractivity contribution in [3.05, 3.63) is 71.8 Å². The third-order valence-corrected chi connectivity index (χ3v) is 4.84. The SMILES string of the molecule is Cc1ccc2cc3ccc4ccccc4c3cc2c1C(C)(C)C. The maximum Gasteiger partial charge on any atom is -0.00989 e. The van der Waals surface area contributed by atoms with E-state index in [0.29, 0.717) is 0 Å². The Bertz CT molecular complexity index is 1050. The summed E-state index contributed by atoms with van der Waals surface area (Å²) in [5.41, 5.74) is 2.98. The monoisotopic (exact) mass is 298 g/mol. The average Bonchev–Trinajstić information content (AvgIpc) is 2.51. The molecule has 0 unspecified atom stereocenters. The van der Waals surface area contributed by atoms with E-state index in [1.165, 1.54) is 43.4 Å². The van der Waals surface area contributed by atoms with Gasteiger partial charge in [0.1, 0.15) is 0 Å². The number of aryl methyl sites for hydroxylation is 1. The van der Waals surface area contributed by atoms with Crippen LogP contribution in [0.15, 0.2) is 60.7 Å². The van der Waals surface area contributed by atoms with Crippen molar-refractivity contribution in [3.63, 3.8) is 0 Å². The maximum absolute atomic E-state index is 2.40. The van der Waals surface area contributed by atoms with Gasteiger partial charge in [0.15, 0.2) is 0 Å². The van der Waals surface area contributed by atoms with Crippen LogP contribution in [0, 0.1) is 6.92 Å². The Morgan fingerprint density at radius 2 is 1.26 bits per heavy atom. The quantitative estimate of drug-likeness (QED) is 0.249. The molecule has 0 nitrogen and oxygen atoms in total. The molecule has 114 valence electrons. The zero-order chi connectivity index (χ0) is 16.2. The summed E-state index contributed by atoms with van der Waals surface area (Å²) in [5, 5.41) is 8.05. The number of benzene rings is 4. The molecule has 0 saturated carbocycles. The summed E-state index contributed by atoms with van der Waals surface area (Å²) in [7, 11) is 0. The molecule has 4 rings (SSSR count). The molecule has 0 aliphatic carbocycles. The van der Waals surface area contributed by atoms with Crippen molar-refractivity contribution < 1.29 is 0 Å². The minimum Gasteiger partial charge on any atom is -0.0616 e. The molecule has 23 heavy (non-hydrogen) atoms. The van der Waals surface area contributed by atoms with E-state index in [4.69, 9.17) is 0 Å². The minimum absolute atomic E-state index is 0.141. The van der Waals surface area contributed by atoms with E-state index in [9.17, 15) is 0 Å². The number of rotatable bonds is 0. The topological polar surface area (TPSA) is 0 Å². The second-order valence-corrected chi connectivity index (χ2v) is 7.59. The van der Waals surface area contributed by atoms with Gasteiger partial charge in [-0.1, -0.05) is 69.3 Å². The van der Waals surface area contributed by atoms with E-state index in [-0.39, 0.29) is 5.41 Å². The van der Waals surface area contributed by atoms with Crippen molar-refractivity contribution in [1.82, 2.24) is 0 Å². The standard InChI is InChI=1S/C23H22/c1-15-9-10-18-13-17-12-11-16-7-5-6-8-19(16)20(17)14-21(18)22(15)23(2,3)4/h5-14H,1-4H3. The fraction of sp³-hybridized carbons (Fsp3) is 0.217. The first-order valence-electron chi connectivity index (χ1n) is 8.30. The van der Waals surface area contributed by atoms with Crippen LogP contribution in [0.2, 0.25) is 0 Å². The molecule has 0 saturated heterocycles. The summed E-state index contributed by atoms with van der Waals surface area (Å²) in [6, 6.07) is 22.4. The Hall–Kier alpha value is -2.34. The summed E-state index contributed by atoms with van der Waals surface area (Å²) in [6.45, 7) is 9.15. The predicted molar refractivity (Wildman–Crippen MR) is 102 cm³/mol. The molecule has 0 bridgehead atoms. The molecule has 0 aromatic heterocycles. The first-order chi connectivity index (χ1) is 10.9. The van der Waals surface area contributed by atoms with Crippen molar-refractivity contribution in [2.75, 3.05) is 0 Å². The van der Waals surface area contributed by atoms with Gasteiger partial charge in [-0.05, 0) is 67.9 Å². The maximum atomic E-state index is 2.40. The first-order valence-corrected chi connectivity index (χ1v) is 8.30. The molecule has 4 aromatic carbocycles. The van der Waals surface area contributed by atoms with Gasteiger partial charge >= 0.3 is 0 Å². The van der Waals surface area contributed by atoms with Gasteiger partial charge in [0.2, 0.25) is 0 Å². The van der Waals surface area contributed by atoms with Crippen molar-refractivity contribution in [2.45, 2.75) is 33.1 Å². The van der Waals surface area contributed by atoms with Crippen LogP contribution in [0.1, 0.15) is 31.9 Å².